The first kappa shape index (κ1) is 15.6. The third-order valence-corrected chi connectivity index (χ3v) is 4.87. The standard InChI is InChI=1S/C20H24N2O/c1-20(17-8-4-5-9-18(17)21-19(20)23)14-6-7-15-10-12-16(13-11-15)22(2)3/h4-5,8-13H,6-7,14H2,1-3H3,(H,21,23). The average molecular weight is 308 g/mol. The molecule has 3 nitrogen and oxygen atoms in total. The molecule has 3 heteroatoms. The van der Waals surface area contributed by atoms with E-state index in [-0.39, 0.29) is 5.91 Å². The van der Waals surface area contributed by atoms with E-state index in [1.165, 1.54) is 11.3 Å². The van der Waals surface area contributed by atoms with Crippen LogP contribution in [0.5, 0.6) is 0 Å². The van der Waals surface area contributed by atoms with E-state index in [0.29, 0.717) is 0 Å². The van der Waals surface area contributed by atoms with Gasteiger partial charge in [-0.1, -0.05) is 30.3 Å². The molecule has 0 aliphatic carbocycles. The number of aryl methyl sites for hydroxylation is 1. The summed E-state index contributed by atoms with van der Waals surface area (Å²) in [7, 11) is 4.10. The molecule has 120 valence electrons. The van der Waals surface area contributed by atoms with Crippen molar-refractivity contribution >= 4 is 17.3 Å². The van der Waals surface area contributed by atoms with Crippen LogP contribution in [0, 0.1) is 0 Å². The number of nitrogens with zero attached hydrogens (tertiary/aromatic N) is 1. The number of fused-ring (bicyclic) bond motifs is 1. The highest BCUT2D eigenvalue weighted by Crippen LogP contribution is 2.40. The van der Waals surface area contributed by atoms with E-state index in [0.717, 1.165) is 30.5 Å². The fourth-order valence-corrected chi connectivity index (χ4v) is 3.31. The molecule has 0 fully saturated rings. The summed E-state index contributed by atoms with van der Waals surface area (Å²) in [5.41, 5.74) is 4.24. The van der Waals surface area contributed by atoms with Crippen molar-refractivity contribution in [2.24, 2.45) is 0 Å². The fourth-order valence-electron chi connectivity index (χ4n) is 3.31. The number of carbonyl (C=O) groups excluding carboxylic acids is 1. The zero-order valence-corrected chi connectivity index (χ0v) is 14.1. The van der Waals surface area contributed by atoms with Gasteiger partial charge in [0.1, 0.15) is 0 Å². The molecule has 23 heavy (non-hydrogen) atoms. The van der Waals surface area contributed by atoms with Crippen molar-refractivity contribution in [2.75, 3.05) is 24.3 Å². The van der Waals surface area contributed by atoms with Gasteiger partial charge in [0.2, 0.25) is 5.91 Å². The van der Waals surface area contributed by atoms with Gasteiger partial charge in [0, 0.05) is 25.5 Å². The Kier molecular flexibility index (Phi) is 4.12. The number of nitrogens with one attached hydrogen (secondary N) is 1. The van der Waals surface area contributed by atoms with E-state index >= 15 is 0 Å². The van der Waals surface area contributed by atoms with Gasteiger partial charge in [0.15, 0.2) is 0 Å². The Morgan fingerprint density at radius 2 is 1.74 bits per heavy atom. The number of hydrogen-bond acceptors (Lipinski definition) is 2. The molecular weight excluding hydrogens is 284 g/mol. The summed E-state index contributed by atoms with van der Waals surface area (Å²) in [6, 6.07) is 16.7. The van der Waals surface area contributed by atoms with Gasteiger partial charge < -0.3 is 10.2 Å². The monoisotopic (exact) mass is 308 g/mol. The van der Waals surface area contributed by atoms with Crippen molar-refractivity contribution < 1.29 is 4.79 Å². The van der Waals surface area contributed by atoms with Gasteiger partial charge in [-0.25, -0.2) is 0 Å². The summed E-state index contributed by atoms with van der Waals surface area (Å²) < 4.78 is 0. The lowest BCUT2D eigenvalue weighted by Crippen LogP contribution is -2.31. The molecule has 2 aromatic carbocycles. The van der Waals surface area contributed by atoms with Gasteiger partial charge >= 0.3 is 0 Å². The van der Waals surface area contributed by atoms with Gasteiger partial charge in [-0.15, -0.1) is 0 Å². The molecule has 1 heterocycles. The van der Waals surface area contributed by atoms with Gasteiger partial charge in [0.25, 0.3) is 0 Å². The smallest absolute Gasteiger partial charge is 0.234 e. The highest BCUT2D eigenvalue weighted by atomic mass is 16.2. The molecule has 1 amide bonds. The second-order valence-electron chi connectivity index (χ2n) is 6.75. The lowest BCUT2D eigenvalue weighted by Gasteiger charge is -2.22. The van der Waals surface area contributed by atoms with Gasteiger partial charge in [0.05, 0.1) is 5.41 Å². The van der Waals surface area contributed by atoms with Crippen molar-refractivity contribution in [3.63, 3.8) is 0 Å². The molecule has 0 bridgehead atoms. The van der Waals surface area contributed by atoms with Crippen LogP contribution >= 0.6 is 0 Å². The van der Waals surface area contributed by atoms with Gasteiger partial charge in [-0.3, -0.25) is 4.79 Å². The van der Waals surface area contributed by atoms with Crippen molar-refractivity contribution in [2.45, 2.75) is 31.6 Å². The van der Waals surface area contributed by atoms with Crippen LogP contribution in [0.25, 0.3) is 0 Å². The van der Waals surface area contributed by atoms with Crippen molar-refractivity contribution in [3.8, 4) is 0 Å². The van der Waals surface area contributed by atoms with Crippen LogP contribution in [-0.2, 0) is 16.6 Å². The maximum Gasteiger partial charge on any atom is 0.234 e. The highest BCUT2D eigenvalue weighted by molar-refractivity contribution is 6.05. The van der Waals surface area contributed by atoms with Crippen LogP contribution in [-0.4, -0.2) is 20.0 Å². The largest absolute Gasteiger partial charge is 0.378 e. The number of amides is 1. The molecule has 0 saturated carbocycles. The third kappa shape index (κ3) is 2.96. The molecule has 0 spiro atoms. The van der Waals surface area contributed by atoms with Crippen LogP contribution in [0.3, 0.4) is 0 Å². The Morgan fingerprint density at radius 1 is 1.04 bits per heavy atom. The normalized spacial score (nSPS) is 19.3. The SMILES string of the molecule is CN(C)c1ccc(CCCC2(C)C(=O)Nc3ccccc32)cc1. The van der Waals surface area contributed by atoms with E-state index in [1.54, 1.807) is 0 Å². The molecular formula is C20H24N2O. The predicted octanol–water partition coefficient (Wildman–Crippen LogP) is 3.99. The van der Waals surface area contributed by atoms with E-state index in [9.17, 15) is 4.79 Å². The molecule has 1 aliphatic rings. The van der Waals surface area contributed by atoms with Crippen molar-refractivity contribution in [1.29, 1.82) is 0 Å². The minimum Gasteiger partial charge on any atom is -0.378 e. The molecule has 3 rings (SSSR count). The van der Waals surface area contributed by atoms with Gasteiger partial charge in [-0.05, 0) is 55.5 Å². The summed E-state index contributed by atoms with van der Waals surface area (Å²) in [6.45, 7) is 2.06. The summed E-state index contributed by atoms with van der Waals surface area (Å²) >= 11 is 0. The second kappa shape index (κ2) is 6.07. The lowest BCUT2D eigenvalue weighted by molar-refractivity contribution is -0.120. The molecule has 1 atom stereocenters. The van der Waals surface area contributed by atoms with Crippen LogP contribution < -0.4 is 10.2 Å². The number of rotatable bonds is 5. The summed E-state index contributed by atoms with van der Waals surface area (Å²) in [4.78, 5) is 14.5. The maximum absolute atomic E-state index is 12.4. The Hall–Kier alpha value is -2.29. The van der Waals surface area contributed by atoms with Crippen LogP contribution in [0.2, 0.25) is 0 Å². The molecule has 0 aromatic heterocycles. The van der Waals surface area contributed by atoms with Gasteiger partial charge in [-0.2, -0.15) is 0 Å². The highest BCUT2D eigenvalue weighted by Gasteiger charge is 2.41. The molecule has 2 aromatic rings. The Labute approximate surface area is 138 Å². The summed E-state index contributed by atoms with van der Waals surface area (Å²) in [6.07, 6.45) is 2.86. The first-order valence-corrected chi connectivity index (χ1v) is 8.18. The van der Waals surface area contributed by atoms with E-state index in [2.05, 4.69) is 47.5 Å². The van der Waals surface area contributed by atoms with Crippen LogP contribution in [0.4, 0.5) is 11.4 Å². The topological polar surface area (TPSA) is 32.3 Å². The number of hydrogen-bond donors (Lipinski definition) is 1. The molecule has 0 radical (unpaired) electrons. The first-order chi connectivity index (χ1) is 11.0. The first-order valence-electron chi connectivity index (χ1n) is 8.18. The minimum absolute atomic E-state index is 0.127. The number of para-hydroxylation sites is 1. The summed E-state index contributed by atoms with van der Waals surface area (Å²) in [5.74, 6) is 0.127. The number of carbonyl (C=O) groups is 1. The Bertz CT molecular complexity index is 706. The second-order valence-corrected chi connectivity index (χ2v) is 6.75. The molecule has 1 unspecified atom stereocenters. The predicted molar refractivity (Wildman–Crippen MR) is 96.1 cm³/mol. The molecule has 1 aliphatic heterocycles. The fraction of sp³-hybridized carbons (Fsp3) is 0.350. The number of benzene rings is 2. The van der Waals surface area contributed by atoms with Crippen LogP contribution in [0.1, 0.15) is 30.9 Å². The zero-order chi connectivity index (χ0) is 16.4. The Morgan fingerprint density at radius 3 is 2.43 bits per heavy atom. The van der Waals surface area contributed by atoms with E-state index < -0.39 is 5.41 Å². The molecule has 1 N–H and O–H groups in total. The summed E-state index contributed by atoms with van der Waals surface area (Å²) in [5, 5.41) is 3.01. The van der Waals surface area contributed by atoms with E-state index in [1.807, 2.05) is 32.3 Å². The lowest BCUT2D eigenvalue weighted by atomic mass is 9.79. The Balaban J connectivity index is 1.65. The molecule has 0 saturated heterocycles. The zero-order valence-electron chi connectivity index (χ0n) is 14.1. The minimum atomic E-state index is -0.403. The average Bonchev–Trinajstić information content (AvgIpc) is 2.80. The van der Waals surface area contributed by atoms with E-state index in [4.69, 9.17) is 0 Å². The van der Waals surface area contributed by atoms with Crippen LogP contribution in [0.15, 0.2) is 48.5 Å². The van der Waals surface area contributed by atoms with Crippen molar-refractivity contribution in [3.05, 3.63) is 59.7 Å². The third-order valence-electron chi connectivity index (χ3n) is 4.87. The number of anilines is 2. The quantitative estimate of drug-likeness (QED) is 0.906. The van der Waals surface area contributed by atoms with Crippen molar-refractivity contribution in [1.82, 2.24) is 0 Å². The maximum atomic E-state index is 12.4.